The molecule has 0 aliphatic rings. The molecule has 5 nitrogen and oxygen atoms in total. The number of carbonyl (C=O) groups excluding carboxylic acids is 1. The van der Waals surface area contributed by atoms with Crippen molar-refractivity contribution >= 4 is 16.7 Å². The summed E-state index contributed by atoms with van der Waals surface area (Å²) in [5, 5.41) is 22.3. The quantitative estimate of drug-likeness (QED) is 0.747. The van der Waals surface area contributed by atoms with Crippen molar-refractivity contribution in [1.29, 1.82) is 0 Å². The Morgan fingerprint density at radius 3 is 2.46 bits per heavy atom. The number of ketones is 1. The monoisotopic (exact) mass is 322 g/mol. The normalized spacial score (nSPS) is 10.9. The predicted molar refractivity (Wildman–Crippen MR) is 89.5 cm³/mol. The van der Waals surface area contributed by atoms with Crippen LogP contribution in [0.3, 0.4) is 0 Å². The summed E-state index contributed by atoms with van der Waals surface area (Å²) in [5.41, 5.74) is 0.317. The van der Waals surface area contributed by atoms with Gasteiger partial charge in [0, 0.05) is 13.0 Å². The van der Waals surface area contributed by atoms with Gasteiger partial charge in [-0.1, -0.05) is 36.1 Å². The molecule has 0 spiro atoms. The third kappa shape index (κ3) is 2.65. The highest BCUT2D eigenvalue weighted by atomic mass is 16.3. The Labute approximate surface area is 138 Å². The summed E-state index contributed by atoms with van der Waals surface area (Å²) in [6.07, 6.45) is -0.0627. The minimum absolute atomic E-state index is 0.0627. The van der Waals surface area contributed by atoms with Crippen molar-refractivity contribution in [3.63, 3.8) is 0 Å². The Morgan fingerprint density at radius 2 is 1.79 bits per heavy atom. The van der Waals surface area contributed by atoms with E-state index in [0.717, 1.165) is 0 Å². The van der Waals surface area contributed by atoms with E-state index >= 15 is 0 Å². The average Bonchev–Trinajstić information content (AvgIpc) is 2.57. The van der Waals surface area contributed by atoms with Crippen LogP contribution in [-0.4, -0.2) is 15.5 Å². The maximum Gasteiger partial charge on any atom is 0.261 e. The number of para-hydroxylation sites is 1. The van der Waals surface area contributed by atoms with Crippen molar-refractivity contribution in [2.45, 2.75) is 19.9 Å². The number of aromatic nitrogens is 1. The van der Waals surface area contributed by atoms with Gasteiger partial charge in [0.2, 0.25) is 0 Å². The van der Waals surface area contributed by atoms with Gasteiger partial charge in [-0.25, -0.2) is 0 Å². The molecule has 0 fully saturated rings. The fourth-order valence-corrected chi connectivity index (χ4v) is 2.82. The van der Waals surface area contributed by atoms with E-state index < -0.39 is 17.1 Å². The molecular weight excluding hydrogens is 306 g/mol. The van der Waals surface area contributed by atoms with E-state index in [-0.39, 0.29) is 17.7 Å². The topological polar surface area (TPSA) is 82.4 Å². The van der Waals surface area contributed by atoms with Gasteiger partial charge >= 0.3 is 0 Å². The molecule has 0 unspecified atom stereocenters. The number of pyridine rings is 1. The highest BCUT2D eigenvalue weighted by Gasteiger charge is 2.17. The first-order valence-corrected chi connectivity index (χ1v) is 7.66. The lowest BCUT2D eigenvalue weighted by Crippen LogP contribution is -2.29. The summed E-state index contributed by atoms with van der Waals surface area (Å²) in [7, 11) is 0. The summed E-state index contributed by atoms with van der Waals surface area (Å²) >= 11 is 0. The second-order valence-corrected chi connectivity index (χ2v) is 5.54. The van der Waals surface area contributed by atoms with E-state index in [4.69, 9.17) is 0 Å². The Balaban J connectivity index is 2.13. The highest BCUT2D eigenvalue weighted by Crippen LogP contribution is 2.25. The van der Waals surface area contributed by atoms with Gasteiger partial charge in [-0.05, 0) is 36.1 Å². The van der Waals surface area contributed by atoms with Crippen molar-refractivity contribution in [2.75, 3.05) is 0 Å². The summed E-state index contributed by atoms with van der Waals surface area (Å²) in [5.74, 6) is -0.942. The van der Waals surface area contributed by atoms with E-state index in [1.807, 2.05) is 0 Å². The smallest absolute Gasteiger partial charge is 0.261 e. The number of phenolic OH excluding ortho intramolecular Hbond substituents is 1. The van der Waals surface area contributed by atoms with Crippen LogP contribution in [0.1, 0.15) is 22.8 Å². The summed E-state index contributed by atoms with van der Waals surface area (Å²) < 4.78 is 1.45. The molecule has 0 saturated heterocycles. The fourth-order valence-electron chi connectivity index (χ4n) is 2.82. The number of benzene rings is 2. The SMILES string of the molecule is CCn1c(=O)c(C(=O)Cc2ccc(O)cc2)c([O-])c2ccccc21. The van der Waals surface area contributed by atoms with E-state index in [2.05, 4.69) is 0 Å². The predicted octanol–water partition coefficient (Wildman–Crippen LogP) is 2.23. The molecular formula is C19H16NO4-. The van der Waals surface area contributed by atoms with Crippen LogP contribution in [0.5, 0.6) is 11.5 Å². The number of aryl methyl sites for hydroxylation is 1. The number of fused-ring (bicyclic) bond motifs is 1. The van der Waals surface area contributed by atoms with Gasteiger partial charge in [0.15, 0.2) is 5.78 Å². The molecule has 0 atom stereocenters. The Morgan fingerprint density at radius 1 is 1.12 bits per heavy atom. The Hall–Kier alpha value is -3.08. The zero-order valence-corrected chi connectivity index (χ0v) is 13.2. The number of phenols is 1. The first kappa shape index (κ1) is 15.8. The fraction of sp³-hybridized carbons (Fsp3) is 0.158. The maximum absolute atomic E-state index is 12.6. The molecule has 3 rings (SSSR count). The van der Waals surface area contributed by atoms with Gasteiger partial charge < -0.3 is 14.8 Å². The second-order valence-electron chi connectivity index (χ2n) is 5.54. The molecule has 2 aromatic carbocycles. The molecule has 5 heteroatoms. The lowest BCUT2D eigenvalue weighted by atomic mass is 10.0. The van der Waals surface area contributed by atoms with Crippen LogP contribution in [-0.2, 0) is 13.0 Å². The first-order valence-electron chi connectivity index (χ1n) is 7.66. The molecule has 3 aromatic rings. The van der Waals surface area contributed by atoms with Crippen LogP contribution in [0.15, 0.2) is 53.3 Å². The lowest BCUT2D eigenvalue weighted by molar-refractivity contribution is -0.266. The van der Waals surface area contributed by atoms with Gasteiger partial charge in [-0.15, -0.1) is 0 Å². The summed E-state index contributed by atoms with van der Waals surface area (Å²) in [6.45, 7) is 2.17. The molecule has 1 heterocycles. The minimum atomic E-state index is -0.551. The number of Topliss-reactive ketones (excluding diaryl/α,β-unsaturated/α-hetero) is 1. The standard InChI is InChI=1S/C19H17NO4/c1-2-20-15-6-4-3-5-14(15)18(23)17(19(20)24)16(22)11-12-7-9-13(21)10-8-12/h3-10,21,23H,2,11H2,1H3/p-1. The van der Waals surface area contributed by atoms with Gasteiger partial charge in [-0.3, -0.25) is 9.59 Å². The number of nitrogens with zero attached hydrogens (tertiary/aromatic N) is 1. The van der Waals surface area contributed by atoms with Gasteiger partial charge in [0.1, 0.15) is 5.75 Å². The first-order chi connectivity index (χ1) is 11.5. The lowest BCUT2D eigenvalue weighted by Gasteiger charge is -2.19. The summed E-state index contributed by atoms with van der Waals surface area (Å²) in [6, 6.07) is 12.9. The summed E-state index contributed by atoms with van der Waals surface area (Å²) in [4.78, 5) is 25.2. The van der Waals surface area contributed by atoms with Crippen molar-refractivity contribution in [3.8, 4) is 11.5 Å². The third-order valence-corrected chi connectivity index (χ3v) is 4.02. The molecule has 24 heavy (non-hydrogen) atoms. The molecule has 0 bridgehead atoms. The molecule has 1 N–H and O–H groups in total. The third-order valence-electron chi connectivity index (χ3n) is 4.02. The number of aromatic hydroxyl groups is 1. The van der Waals surface area contributed by atoms with Crippen LogP contribution in [0.4, 0.5) is 0 Å². The van der Waals surface area contributed by atoms with Gasteiger partial charge in [-0.2, -0.15) is 0 Å². The molecule has 0 saturated carbocycles. The largest absolute Gasteiger partial charge is 0.871 e. The molecule has 122 valence electrons. The second kappa shape index (κ2) is 6.20. The van der Waals surface area contributed by atoms with Crippen molar-refractivity contribution in [2.24, 2.45) is 0 Å². The Bertz CT molecular complexity index is 971. The average molecular weight is 322 g/mol. The Kier molecular flexibility index (Phi) is 4.08. The van der Waals surface area contributed by atoms with E-state index in [1.54, 1.807) is 43.3 Å². The number of carbonyl (C=O) groups is 1. The van der Waals surface area contributed by atoms with Gasteiger partial charge in [0.25, 0.3) is 5.56 Å². The van der Waals surface area contributed by atoms with Crippen LogP contribution >= 0.6 is 0 Å². The van der Waals surface area contributed by atoms with Crippen LogP contribution in [0.25, 0.3) is 10.9 Å². The number of hydrogen-bond donors (Lipinski definition) is 1. The number of hydrogen-bond acceptors (Lipinski definition) is 4. The molecule has 0 amide bonds. The van der Waals surface area contributed by atoms with Crippen LogP contribution in [0, 0.1) is 0 Å². The van der Waals surface area contributed by atoms with Crippen molar-refractivity contribution in [1.82, 2.24) is 4.57 Å². The van der Waals surface area contributed by atoms with Crippen LogP contribution < -0.4 is 10.7 Å². The minimum Gasteiger partial charge on any atom is -0.871 e. The van der Waals surface area contributed by atoms with E-state index in [1.165, 1.54) is 16.7 Å². The zero-order valence-electron chi connectivity index (χ0n) is 13.2. The van der Waals surface area contributed by atoms with Crippen LogP contribution in [0.2, 0.25) is 0 Å². The molecule has 1 aromatic heterocycles. The number of rotatable bonds is 4. The van der Waals surface area contributed by atoms with Gasteiger partial charge in [0.05, 0.1) is 11.1 Å². The highest BCUT2D eigenvalue weighted by molar-refractivity contribution is 6.04. The molecule has 0 aliphatic carbocycles. The zero-order chi connectivity index (χ0) is 17.3. The molecule has 0 radical (unpaired) electrons. The van der Waals surface area contributed by atoms with Crippen molar-refractivity contribution < 1.29 is 15.0 Å². The van der Waals surface area contributed by atoms with Crippen molar-refractivity contribution in [3.05, 3.63) is 70.0 Å². The van der Waals surface area contributed by atoms with E-state index in [0.29, 0.717) is 23.0 Å². The van der Waals surface area contributed by atoms with E-state index in [9.17, 15) is 19.8 Å². The maximum atomic E-state index is 12.6. The molecule has 0 aliphatic heterocycles.